The fraction of sp³-hybridized carbons (Fsp3) is 0.500. The lowest BCUT2D eigenvalue weighted by Crippen LogP contribution is -2.37. The molecule has 1 aromatic carbocycles. The largest absolute Gasteiger partial charge is 0.508 e. The van der Waals surface area contributed by atoms with Gasteiger partial charge in [0.2, 0.25) is 11.8 Å². The number of anilines is 1. The highest BCUT2D eigenvalue weighted by Crippen LogP contribution is 2.26. The zero-order valence-electron chi connectivity index (χ0n) is 12.3. The second kappa shape index (κ2) is 6.36. The van der Waals surface area contributed by atoms with Crippen molar-refractivity contribution < 1.29 is 19.4 Å². The molecule has 118 valence electrons. The molecule has 22 heavy (non-hydrogen) atoms. The van der Waals surface area contributed by atoms with E-state index in [9.17, 15) is 14.7 Å². The second-order valence-corrected chi connectivity index (χ2v) is 5.80. The molecular weight excluding hydrogens is 284 g/mol. The lowest BCUT2D eigenvalue weighted by atomic mass is 10.1. The Labute approximate surface area is 129 Å². The van der Waals surface area contributed by atoms with Gasteiger partial charge in [-0.15, -0.1) is 0 Å². The van der Waals surface area contributed by atoms with Gasteiger partial charge in [0.25, 0.3) is 0 Å². The summed E-state index contributed by atoms with van der Waals surface area (Å²) in [6.07, 6.45) is 2.34. The first-order valence-corrected chi connectivity index (χ1v) is 7.62. The molecule has 0 aromatic heterocycles. The zero-order chi connectivity index (χ0) is 15.5. The third kappa shape index (κ3) is 3.22. The molecule has 3 rings (SSSR count). The highest BCUT2D eigenvalue weighted by Gasteiger charge is 2.35. The number of phenolic OH excluding ortho intramolecular Hbond substituents is 1. The Morgan fingerprint density at radius 3 is 2.82 bits per heavy atom. The van der Waals surface area contributed by atoms with Crippen molar-refractivity contribution in [3.05, 3.63) is 24.3 Å². The molecule has 0 aliphatic carbocycles. The van der Waals surface area contributed by atoms with Crippen LogP contribution in [0.5, 0.6) is 5.75 Å². The van der Waals surface area contributed by atoms with Gasteiger partial charge in [0.1, 0.15) is 5.75 Å². The Morgan fingerprint density at radius 2 is 2.14 bits per heavy atom. The van der Waals surface area contributed by atoms with Gasteiger partial charge >= 0.3 is 0 Å². The van der Waals surface area contributed by atoms with Crippen LogP contribution in [0.3, 0.4) is 0 Å². The third-order valence-electron chi connectivity index (χ3n) is 4.19. The average Bonchev–Trinajstić information content (AvgIpc) is 3.15. The molecule has 2 amide bonds. The summed E-state index contributed by atoms with van der Waals surface area (Å²) in [4.78, 5) is 25.9. The van der Waals surface area contributed by atoms with Crippen LogP contribution in [0.25, 0.3) is 0 Å². The summed E-state index contributed by atoms with van der Waals surface area (Å²) in [5, 5.41) is 12.2. The van der Waals surface area contributed by atoms with Crippen molar-refractivity contribution in [3.63, 3.8) is 0 Å². The van der Waals surface area contributed by atoms with Gasteiger partial charge in [-0.1, -0.05) is 0 Å². The van der Waals surface area contributed by atoms with Crippen molar-refractivity contribution in [2.24, 2.45) is 5.92 Å². The molecule has 0 spiro atoms. The maximum Gasteiger partial charge on any atom is 0.227 e. The molecule has 2 aliphatic rings. The lowest BCUT2D eigenvalue weighted by molar-refractivity contribution is -0.126. The first-order chi connectivity index (χ1) is 10.6. The van der Waals surface area contributed by atoms with E-state index in [4.69, 9.17) is 4.74 Å². The standard InChI is InChI=1S/C16H20N2O4/c19-13-5-3-12(4-6-13)18-10-11(8-15(18)20)16(21)17-9-14-2-1-7-22-14/h3-6,11,14,19H,1-2,7-10H2,(H,17,21)/t11-,14-/m0/s1. The molecule has 0 saturated carbocycles. The number of nitrogens with zero attached hydrogens (tertiary/aromatic N) is 1. The SMILES string of the molecule is O=C(NC[C@@H]1CCCO1)[C@H]1CC(=O)N(c2ccc(O)cc2)C1. The molecule has 2 fully saturated rings. The fourth-order valence-corrected chi connectivity index (χ4v) is 2.93. The number of benzene rings is 1. The normalized spacial score (nSPS) is 24.7. The number of ether oxygens (including phenoxy) is 1. The molecule has 2 aliphatic heterocycles. The summed E-state index contributed by atoms with van der Waals surface area (Å²) in [5.41, 5.74) is 0.706. The van der Waals surface area contributed by atoms with Crippen molar-refractivity contribution in [3.8, 4) is 5.75 Å². The molecule has 6 nitrogen and oxygen atoms in total. The van der Waals surface area contributed by atoms with E-state index in [1.165, 1.54) is 12.1 Å². The summed E-state index contributed by atoms with van der Waals surface area (Å²) in [7, 11) is 0. The molecule has 0 unspecified atom stereocenters. The predicted molar refractivity (Wildman–Crippen MR) is 80.6 cm³/mol. The number of carbonyl (C=O) groups excluding carboxylic acids is 2. The number of carbonyl (C=O) groups is 2. The smallest absolute Gasteiger partial charge is 0.227 e. The maximum atomic E-state index is 12.2. The molecule has 2 N–H and O–H groups in total. The Hall–Kier alpha value is -2.08. The van der Waals surface area contributed by atoms with Crippen LogP contribution in [0.1, 0.15) is 19.3 Å². The number of rotatable bonds is 4. The van der Waals surface area contributed by atoms with Crippen molar-refractivity contribution in [1.82, 2.24) is 5.32 Å². The van der Waals surface area contributed by atoms with E-state index < -0.39 is 0 Å². The minimum atomic E-state index is -0.331. The Bertz CT molecular complexity index is 552. The number of phenols is 1. The molecule has 1 aromatic rings. The maximum absolute atomic E-state index is 12.2. The van der Waals surface area contributed by atoms with Crippen LogP contribution < -0.4 is 10.2 Å². The van der Waals surface area contributed by atoms with Gasteiger partial charge in [-0.3, -0.25) is 9.59 Å². The molecule has 0 radical (unpaired) electrons. The molecule has 2 atom stereocenters. The van der Waals surface area contributed by atoms with Crippen molar-refractivity contribution in [2.75, 3.05) is 24.6 Å². The van der Waals surface area contributed by atoms with E-state index >= 15 is 0 Å². The number of aromatic hydroxyl groups is 1. The Balaban J connectivity index is 1.56. The van der Waals surface area contributed by atoms with Gasteiger partial charge in [0.05, 0.1) is 12.0 Å². The summed E-state index contributed by atoms with van der Waals surface area (Å²) >= 11 is 0. The van der Waals surface area contributed by atoms with Crippen LogP contribution in [0.2, 0.25) is 0 Å². The van der Waals surface area contributed by atoms with Crippen molar-refractivity contribution >= 4 is 17.5 Å². The quantitative estimate of drug-likeness (QED) is 0.871. The minimum Gasteiger partial charge on any atom is -0.508 e. The van der Waals surface area contributed by atoms with Crippen molar-refractivity contribution in [1.29, 1.82) is 0 Å². The first kappa shape index (κ1) is 14.8. The van der Waals surface area contributed by atoms with E-state index in [-0.39, 0.29) is 36.0 Å². The molecule has 2 saturated heterocycles. The van der Waals surface area contributed by atoms with E-state index in [0.717, 1.165) is 19.4 Å². The average molecular weight is 304 g/mol. The van der Waals surface area contributed by atoms with E-state index in [1.807, 2.05) is 0 Å². The van der Waals surface area contributed by atoms with E-state index in [0.29, 0.717) is 18.8 Å². The van der Waals surface area contributed by atoms with Gasteiger partial charge in [-0.05, 0) is 37.1 Å². The predicted octanol–water partition coefficient (Wildman–Crippen LogP) is 1.04. The zero-order valence-corrected chi connectivity index (χ0v) is 12.3. The van der Waals surface area contributed by atoms with Crippen LogP contribution >= 0.6 is 0 Å². The van der Waals surface area contributed by atoms with Crippen LogP contribution in [0.4, 0.5) is 5.69 Å². The lowest BCUT2D eigenvalue weighted by Gasteiger charge is -2.17. The van der Waals surface area contributed by atoms with Gasteiger partial charge in [0.15, 0.2) is 0 Å². The summed E-state index contributed by atoms with van der Waals surface area (Å²) in [6.45, 7) is 1.65. The van der Waals surface area contributed by atoms with Gasteiger partial charge < -0.3 is 20.1 Å². The molecular formula is C16H20N2O4. The van der Waals surface area contributed by atoms with Gasteiger partial charge in [0, 0.05) is 31.8 Å². The third-order valence-corrected chi connectivity index (χ3v) is 4.19. The van der Waals surface area contributed by atoms with Crippen molar-refractivity contribution in [2.45, 2.75) is 25.4 Å². The van der Waals surface area contributed by atoms with Crippen LogP contribution in [-0.2, 0) is 14.3 Å². The first-order valence-electron chi connectivity index (χ1n) is 7.62. The summed E-state index contributed by atoms with van der Waals surface area (Å²) < 4.78 is 5.47. The highest BCUT2D eigenvalue weighted by atomic mass is 16.5. The Kier molecular flexibility index (Phi) is 4.29. The topological polar surface area (TPSA) is 78.9 Å². The van der Waals surface area contributed by atoms with Gasteiger partial charge in [-0.2, -0.15) is 0 Å². The molecule has 2 heterocycles. The number of hydrogen-bond acceptors (Lipinski definition) is 4. The highest BCUT2D eigenvalue weighted by molar-refractivity contribution is 6.00. The number of nitrogens with one attached hydrogen (secondary N) is 1. The molecule has 0 bridgehead atoms. The monoisotopic (exact) mass is 304 g/mol. The summed E-state index contributed by atoms with van der Waals surface area (Å²) in [6, 6.07) is 6.43. The van der Waals surface area contributed by atoms with Gasteiger partial charge in [-0.25, -0.2) is 0 Å². The van der Waals surface area contributed by atoms with E-state index in [2.05, 4.69) is 5.32 Å². The fourth-order valence-electron chi connectivity index (χ4n) is 2.93. The van der Waals surface area contributed by atoms with E-state index in [1.54, 1.807) is 17.0 Å². The van der Waals surface area contributed by atoms with Crippen LogP contribution in [0, 0.1) is 5.92 Å². The second-order valence-electron chi connectivity index (χ2n) is 5.80. The van der Waals surface area contributed by atoms with Crippen LogP contribution in [-0.4, -0.2) is 42.7 Å². The van der Waals surface area contributed by atoms with Crippen LogP contribution in [0.15, 0.2) is 24.3 Å². The number of hydrogen-bond donors (Lipinski definition) is 2. The number of amides is 2. The Morgan fingerprint density at radius 1 is 1.36 bits per heavy atom. The molecule has 6 heteroatoms. The minimum absolute atomic E-state index is 0.0667. The summed E-state index contributed by atoms with van der Waals surface area (Å²) in [5.74, 6) is -0.336.